The van der Waals surface area contributed by atoms with Crippen LogP contribution in [-0.2, 0) is 16.1 Å². The van der Waals surface area contributed by atoms with Crippen molar-refractivity contribution in [2.45, 2.75) is 58.2 Å². The molecule has 2 N–H and O–H groups in total. The van der Waals surface area contributed by atoms with E-state index in [2.05, 4.69) is 15.5 Å². The zero-order chi connectivity index (χ0) is 23.5. The number of oxazole rings is 1. The molecule has 0 bridgehead atoms. The molecule has 1 aromatic carbocycles. The predicted octanol–water partition coefficient (Wildman–Crippen LogP) is 2.72. The Bertz CT molecular complexity index is 1120. The molecule has 3 heterocycles. The molecule has 2 amide bonds. The minimum Gasteiger partial charge on any atom is -0.443 e. The van der Waals surface area contributed by atoms with Crippen LogP contribution in [0.5, 0.6) is 0 Å². The van der Waals surface area contributed by atoms with Gasteiger partial charge < -0.3 is 24.3 Å². The highest BCUT2D eigenvalue weighted by Crippen LogP contribution is 2.28. The van der Waals surface area contributed by atoms with Crippen molar-refractivity contribution in [1.82, 2.24) is 20.4 Å². The molecule has 1 saturated heterocycles. The number of likely N-dealkylation sites (tertiary alicyclic amines) is 1. The van der Waals surface area contributed by atoms with Gasteiger partial charge in [-0.05, 0) is 25.8 Å². The molecular formula is C24H28N4O5. The van der Waals surface area contributed by atoms with Gasteiger partial charge in [-0.15, -0.1) is 0 Å². The summed E-state index contributed by atoms with van der Waals surface area (Å²) in [6, 6.07) is 8.64. The second-order valence-electron chi connectivity index (χ2n) is 8.41. The fraction of sp³-hybridized carbons (Fsp3) is 0.417. The number of hydrogen-bond acceptors (Lipinski definition) is 7. The number of carbonyl (C=O) groups is 2. The molecule has 1 fully saturated rings. The number of carbonyl (C=O) groups excluding carboxylic acids is 2. The van der Waals surface area contributed by atoms with E-state index in [4.69, 9.17) is 8.94 Å². The smallest absolute Gasteiger partial charge is 0.243 e. The van der Waals surface area contributed by atoms with Gasteiger partial charge in [0.25, 0.3) is 0 Å². The Morgan fingerprint density at radius 3 is 2.64 bits per heavy atom. The molecule has 9 nitrogen and oxygen atoms in total. The molecule has 9 heteroatoms. The molecule has 3 atom stereocenters. The van der Waals surface area contributed by atoms with Crippen LogP contribution in [0, 0.1) is 13.8 Å². The number of aryl methyl sites for hydroxylation is 2. The largest absolute Gasteiger partial charge is 0.443 e. The average molecular weight is 453 g/mol. The van der Waals surface area contributed by atoms with Crippen LogP contribution >= 0.6 is 0 Å². The van der Waals surface area contributed by atoms with Gasteiger partial charge in [0.1, 0.15) is 11.8 Å². The van der Waals surface area contributed by atoms with Crippen LogP contribution in [0.3, 0.4) is 0 Å². The lowest BCUT2D eigenvalue weighted by Gasteiger charge is -2.26. The van der Waals surface area contributed by atoms with Crippen molar-refractivity contribution in [3.8, 4) is 11.3 Å². The van der Waals surface area contributed by atoms with E-state index in [0.29, 0.717) is 30.2 Å². The summed E-state index contributed by atoms with van der Waals surface area (Å²) in [7, 11) is 0. The number of aliphatic hydroxyl groups excluding tert-OH is 1. The Morgan fingerprint density at radius 2 is 2.03 bits per heavy atom. The first-order valence-electron chi connectivity index (χ1n) is 11.1. The SMILES string of the molecule is CCC(C(=O)N1C[C@H](O)C[C@H]1C(=O)NCc1ccc(-c2ocnc2C)cc1)c1cc(C)no1. The second-order valence-corrected chi connectivity index (χ2v) is 8.41. The Labute approximate surface area is 191 Å². The first-order chi connectivity index (χ1) is 15.9. The average Bonchev–Trinajstić information content (AvgIpc) is 3.53. The van der Waals surface area contributed by atoms with Crippen molar-refractivity contribution in [3.05, 3.63) is 59.4 Å². The van der Waals surface area contributed by atoms with Gasteiger partial charge in [-0.3, -0.25) is 9.59 Å². The number of β-amino-alcohol motifs (C(OH)–C–C–N with tert-alkyl or cyclic N) is 1. The maximum atomic E-state index is 13.2. The highest BCUT2D eigenvalue weighted by Gasteiger charge is 2.41. The summed E-state index contributed by atoms with van der Waals surface area (Å²) in [6.07, 6.45) is 1.37. The van der Waals surface area contributed by atoms with Crippen molar-refractivity contribution in [2.75, 3.05) is 6.54 Å². The van der Waals surface area contributed by atoms with E-state index in [0.717, 1.165) is 16.8 Å². The molecule has 0 saturated carbocycles. The van der Waals surface area contributed by atoms with Gasteiger partial charge in [0.15, 0.2) is 12.2 Å². The quantitative estimate of drug-likeness (QED) is 0.565. The zero-order valence-electron chi connectivity index (χ0n) is 18.9. The summed E-state index contributed by atoms with van der Waals surface area (Å²) >= 11 is 0. The standard InChI is InChI=1S/C24H28N4O5/c1-4-19(21-9-14(2)27-33-21)24(31)28-12-18(29)10-20(28)23(30)25-11-16-5-7-17(8-6-16)22-15(3)26-13-32-22/h5-9,13,18-20,29H,4,10-12H2,1-3H3,(H,25,30)/t18-,19?,20+/m1/s1. The van der Waals surface area contributed by atoms with Crippen LogP contribution in [-0.4, -0.2) is 50.7 Å². The van der Waals surface area contributed by atoms with Crippen molar-refractivity contribution in [2.24, 2.45) is 0 Å². The summed E-state index contributed by atoms with van der Waals surface area (Å²) in [4.78, 5) is 31.7. The Hall–Kier alpha value is -3.46. The van der Waals surface area contributed by atoms with E-state index < -0.39 is 18.1 Å². The number of amides is 2. The van der Waals surface area contributed by atoms with Crippen LogP contribution in [0.15, 0.2) is 45.7 Å². The molecule has 1 aliphatic rings. The molecule has 174 valence electrons. The molecule has 0 radical (unpaired) electrons. The normalized spacial score (nSPS) is 19.0. The van der Waals surface area contributed by atoms with Crippen LogP contribution in [0.4, 0.5) is 0 Å². The van der Waals surface area contributed by atoms with E-state index >= 15 is 0 Å². The molecule has 3 aromatic rings. The first kappa shape index (κ1) is 22.7. The van der Waals surface area contributed by atoms with E-state index in [1.54, 1.807) is 13.0 Å². The van der Waals surface area contributed by atoms with E-state index in [1.165, 1.54) is 11.3 Å². The highest BCUT2D eigenvalue weighted by molar-refractivity contribution is 5.91. The summed E-state index contributed by atoms with van der Waals surface area (Å²) in [5.74, 6) is 0.115. The lowest BCUT2D eigenvalue weighted by molar-refractivity contribution is -0.140. The van der Waals surface area contributed by atoms with Gasteiger partial charge in [0.2, 0.25) is 11.8 Å². The number of nitrogens with zero attached hydrogens (tertiary/aromatic N) is 3. The van der Waals surface area contributed by atoms with Crippen molar-refractivity contribution in [1.29, 1.82) is 0 Å². The van der Waals surface area contributed by atoms with Crippen molar-refractivity contribution in [3.63, 3.8) is 0 Å². The third kappa shape index (κ3) is 4.83. The zero-order valence-corrected chi connectivity index (χ0v) is 18.9. The number of aromatic nitrogens is 2. The lowest BCUT2D eigenvalue weighted by Crippen LogP contribution is -2.47. The van der Waals surface area contributed by atoms with Crippen LogP contribution < -0.4 is 5.32 Å². The second kappa shape index (κ2) is 9.58. The topological polar surface area (TPSA) is 122 Å². The fourth-order valence-electron chi connectivity index (χ4n) is 4.21. The monoisotopic (exact) mass is 452 g/mol. The number of nitrogens with one attached hydrogen (secondary N) is 1. The van der Waals surface area contributed by atoms with Gasteiger partial charge in [0, 0.05) is 31.1 Å². The molecular weight excluding hydrogens is 424 g/mol. The van der Waals surface area contributed by atoms with Crippen molar-refractivity contribution >= 4 is 11.8 Å². The maximum Gasteiger partial charge on any atom is 0.243 e. The third-order valence-corrected chi connectivity index (χ3v) is 5.99. The summed E-state index contributed by atoms with van der Waals surface area (Å²) in [5.41, 5.74) is 3.32. The molecule has 2 aromatic heterocycles. The molecule has 1 unspecified atom stereocenters. The van der Waals surface area contributed by atoms with Crippen LogP contribution in [0.2, 0.25) is 0 Å². The maximum absolute atomic E-state index is 13.2. The number of hydrogen-bond donors (Lipinski definition) is 2. The van der Waals surface area contributed by atoms with Gasteiger partial charge >= 0.3 is 0 Å². The predicted molar refractivity (Wildman–Crippen MR) is 119 cm³/mol. The number of rotatable bonds is 7. The molecule has 0 aliphatic carbocycles. The van der Waals surface area contributed by atoms with Gasteiger partial charge in [-0.1, -0.05) is 36.3 Å². The molecule has 1 aliphatic heterocycles. The first-order valence-corrected chi connectivity index (χ1v) is 11.1. The van der Waals surface area contributed by atoms with Gasteiger partial charge in [0.05, 0.1) is 23.4 Å². The lowest BCUT2D eigenvalue weighted by atomic mass is 10.0. The summed E-state index contributed by atoms with van der Waals surface area (Å²) < 4.78 is 10.7. The minimum absolute atomic E-state index is 0.117. The third-order valence-electron chi connectivity index (χ3n) is 5.99. The van der Waals surface area contributed by atoms with Crippen molar-refractivity contribution < 1.29 is 23.6 Å². The summed E-state index contributed by atoms with van der Waals surface area (Å²) in [6.45, 7) is 5.97. The van der Waals surface area contributed by atoms with E-state index in [-0.39, 0.29) is 24.8 Å². The number of benzene rings is 1. The van der Waals surface area contributed by atoms with E-state index in [1.807, 2.05) is 38.1 Å². The van der Waals surface area contributed by atoms with Crippen LogP contribution in [0.1, 0.15) is 48.4 Å². The Balaban J connectivity index is 1.41. The summed E-state index contributed by atoms with van der Waals surface area (Å²) in [5, 5.41) is 17.0. The molecule has 0 spiro atoms. The molecule has 33 heavy (non-hydrogen) atoms. The van der Waals surface area contributed by atoms with Crippen LogP contribution in [0.25, 0.3) is 11.3 Å². The molecule has 4 rings (SSSR count). The van der Waals surface area contributed by atoms with Gasteiger partial charge in [-0.25, -0.2) is 4.98 Å². The Morgan fingerprint density at radius 1 is 1.27 bits per heavy atom. The highest BCUT2D eigenvalue weighted by atomic mass is 16.5. The van der Waals surface area contributed by atoms with Gasteiger partial charge in [-0.2, -0.15) is 0 Å². The number of aliphatic hydroxyl groups is 1. The Kier molecular flexibility index (Phi) is 6.60. The van der Waals surface area contributed by atoms with E-state index in [9.17, 15) is 14.7 Å². The minimum atomic E-state index is -0.747. The fourth-order valence-corrected chi connectivity index (χ4v) is 4.21.